The molecule has 1 saturated carbocycles. The number of aryl methyl sites for hydroxylation is 1. The third kappa shape index (κ3) is 1.000. The summed E-state index contributed by atoms with van der Waals surface area (Å²) in [6.07, 6.45) is 5.26. The zero-order valence-corrected chi connectivity index (χ0v) is 10.6. The lowest BCUT2D eigenvalue weighted by Gasteiger charge is -2.32. The van der Waals surface area contributed by atoms with E-state index in [0.29, 0.717) is 5.92 Å². The first-order valence-electron chi connectivity index (χ1n) is 6.31. The first kappa shape index (κ1) is 10.3. The molecular weight excluding hydrogens is 200 g/mol. The van der Waals surface area contributed by atoms with E-state index in [2.05, 4.69) is 37.5 Å². The molecule has 16 heavy (non-hydrogen) atoms. The third-order valence-corrected chi connectivity index (χ3v) is 4.25. The summed E-state index contributed by atoms with van der Waals surface area (Å²) in [7, 11) is 0. The molecule has 0 aromatic carbocycles. The van der Waals surface area contributed by atoms with E-state index in [0.717, 1.165) is 19.3 Å². The minimum Gasteiger partial charge on any atom is -0.341 e. The highest BCUT2D eigenvalue weighted by atomic mass is 16.6. The average molecular weight is 220 g/mol. The van der Waals surface area contributed by atoms with Crippen LogP contribution in [0, 0.1) is 12.8 Å². The quantitative estimate of drug-likeness (QED) is 0.766. The van der Waals surface area contributed by atoms with Gasteiger partial charge in [-0.1, -0.05) is 20.8 Å². The van der Waals surface area contributed by atoms with Gasteiger partial charge >= 0.3 is 0 Å². The summed E-state index contributed by atoms with van der Waals surface area (Å²) in [4.78, 5) is 0. The van der Waals surface area contributed by atoms with Gasteiger partial charge in [-0.25, -0.2) is 4.68 Å². The molecule has 0 amide bonds. The Balaban J connectivity index is 2.20. The number of aromatic nitrogens is 2. The van der Waals surface area contributed by atoms with Gasteiger partial charge < -0.3 is 4.74 Å². The lowest BCUT2D eigenvalue weighted by molar-refractivity contribution is -0.139. The second kappa shape index (κ2) is 2.89. The van der Waals surface area contributed by atoms with Crippen molar-refractivity contribution in [2.45, 2.75) is 58.3 Å². The molecule has 1 aliphatic carbocycles. The van der Waals surface area contributed by atoms with Crippen molar-refractivity contribution >= 4 is 0 Å². The molecule has 0 radical (unpaired) electrons. The fourth-order valence-electron chi connectivity index (χ4n) is 3.14. The largest absolute Gasteiger partial charge is 0.341 e. The van der Waals surface area contributed by atoms with Crippen molar-refractivity contribution in [2.75, 3.05) is 0 Å². The lowest BCUT2D eigenvalue weighted by Crippen LogP contribution is -2.32. The summed E-state index contributed by atoms with van der Waals surface area (Å²) in [5, 5.41) is 4.53. The Morgan fingerprint density at radius 2 is 2.19 bits per heavy atom. The predicted molar refractivity (Wildman–Crippen MR) is 62.1 cm³/mol. The molecule has 1 spiro atoms. The molecule has 3 rings (SSSR count). The van der Waals surface area contributed by atoms with Crippen molar-refractivity contribution in [1.29, 1.82) is 0 Å². The normalized spacial score (nSPS) is 30.1. The summed E-state index contributed by atoms with van der Waals surface area (Å²) < 4.78 is 8.61. The van der Waals surface area contributed by atoms with Crippen LogP contribution >= 0.6 is 0 Å². The molecule has 1 aliphatic heterocycles. The SMILES string of the molecule is CCC1(C(C)C)OC2(CC2)n2ncc(C)c21. The van der Waals surface area contributed by atoms with Crippen LogP contribution in [0.2, 0.25) is 0 Å². The monoisotopic (exact) mass is 220 g/mol. The molecule has 0 saturated heterocycles. The van der Waals surface area contributed by atoms with Gasteiger partial charge in [-0.15, -0.1) is 0 Å². The molecule has 1 atom stereocenters. The lowest BCUT2D eigenvalue weighted by atomic mass is 9.83. The van der Waals surface area contributed by atoms with E-state index in [1.165, 1.54) is 11.3 Å². The summed E-state index contributed by atoms with van der Waals surface area (Å²) in [5.74, 6) is 0.492. The van der Waals surface area contributed by atoms with E-state index in [9.17, 15) is 0 Å². The van der Waals surface area contributed by atoms with E-state index in [-0.39, 0.29) is 11.3 Å². The molecule has 1 fully saturated rings. The van der Waals surface area contributed by atoms with Gasteiger partial charge in [-0.05, 0) is 24.8 Å². The summed E-state index contributed by atoms with van der Waals surface area (Å²) in [6.45, 7) is 8.87. The van der Waals surface area contributed by atoms with Crippen LogP contribution in [-0.2, 0) is 16.1 Å². The molecule has 1 aromatic heterocycles. The van der Waals surface area contributed by atoms with Crippen molar-refractivity contribution in [3.63, 3.8) is 0 Å². The minimum atomic E-state index is -0.114. The topological polar surface area (TPSA) is 27.1 Å². The van der Waals surface area contributed by atoms with E-state index in [4.69, 9.17) is 4.74 Å². The maximum atomic E-state index is 6.45. The fraction of sp³-hybridized carbons (Fsp3) is 0.769. The Labute approximate surface area is 96.8 Å². The average Bonchev–Trinajstić information content (AvgIpc) is 2.80. The molecule has 2 aliphatic rings. The molecule has 1 unspecified atom stereocenters. The third-order valence-electron chi connectivity index (χ3n) is 4.25. The van der Waals surface area contributed by atoms with E-state index in [1.54, 1.807) is 0 Å². The van der Waals surface area contributed by atoms with Crippen molar-refractivity contribution in [2.24, 2.45) is 5.92 Å². The Bertz CT molecular complexity index is 431. The van der Waals surface area contributed by atoms with Crippen LogP contribution < -0.4 is 0 Å². The van der Waals surface area contributed by atoms with Crippen LogP contribution in [0.5, 0.6) is 0 Å². The summed E-state index contributed by atoms with van der Waals surface area (Å²) in [6, 6.07) is 0. The van der Waals surface area contributed by atoms with Crippen LogP contribution in [0.25, 0.3) is 0 Å². The highest BCUT2D eigenvalue weighted by Gasteiger charge is 2.61. The predicted octanol–water partition coefficient (Wildman–Crippen LogP) is 2.93. The van der Waals surface area contributed by atoms with Crippen LogP contribution in [-0.4, -0.2) is 9.78 Å². The van der Waals surface area contributed by atoms with Crippen molar-refractivity contribution in [3.8, 4) is 0 Å². The zero-order valence-electron chi connectivity index (χ0n) is 10.6. The van der Waals surface area contributed by atoms with E-state index >= 15 is 0 Å². The van der Waals surface area contributed by atoms with Crippen molar-refractivity contribution < 1.29 is 4.74 Å². The highest BCUT2D eigenvalue weighted by molar-refractivity contribution is 5.30. The standard InChI is InChI=1S/C13H20N2O/c1-5-13(9(2)3)11-10(4)8-14-15(11)12(16-13)6-7-12/h8-9H,5-7H2,1-4H3. The Morgan fingerprint density at radius 1 is 1.50 bits per heavy atom. The molecule has 2 heterocycles. The molecule has 3 heteroatoms. The van der Waals surface area contributed by atoms with E-state index in [1.807, 2.05) is 6.20 Å². The number of nitrogens with zero attached hydrogens (tertiary/aromatic N) is 2. The van der Waals surface area contributed by atoms with Gasteiger partial charge in [0.05, 0.1) is 11.9 Å². The van der Waals surface area contributed by atoms with Crippen molar-refractivity contribution in [3.05, 3.63) is 17.5 Å². The maximum Gasteiger partial charge on any atom is 0.162 e. The number of ether oxygens (including phenoxy) is 1. The Kier molecular flexibility index (Phi) is 1.87. The zero-order chi connectivity index (χ0) is 11.6. The minimum absolute atomic E-state index is 0.0795. The summed E-state index contributed by atoms with van der Waals surface area (Å²) in [5.41, 5.74) is 2.41. The van der Waals surface area contributed by atoms with Gasteiger partial charge in [0.2, 0.25) is 0 Å². The number of hydrogen-bond donors (Lipinski definition) is 0. The molecular formula is C13H20N2O. The number of hydrogen-bond acceptors (Lipinski definition) is 2. The first-order chi connectivity index (χ1) is 7.56. The van der Waals surface area contributed by atoms with E-state index < -0.39 is 0 Å². The van der Waals surface area contributed by atoms with Gasteiger partial charge in [0.25, 0.3) is 0 Å². The van der Waals surface area contributed by atoms with Crippen LogP contribution in [0.4, 0.5) is 0 Å². The first-order valence-corrected chi connectivity index (χ1v) is 6.31. The van der Waals surface area contributed by atoms with Crippen LogP contribution in [0.15, 0.2) is 6.20 Å². The molecule has 0 N–H and O–H groups in total. The molecule has 0 bridgehead atoms. The van der Waals surface area contributed by atoms with Gasteiger partial charge in [0.15, 0.2) is 5.72 Å². The number of fused-ring (bicyclic) bond motifs is 2. The van der Waals surface area contributed by atoms with Gasteiger partial charge in [-0.2, -0.15) is 5.10 Å². The van der Waals surface area contributed by atoms with Gasteiger partial charge in [-0.3, -0.25) is 0 Å². The fourth-order valence-corrected chi connectivity index (χ4v) is 3.14. The second-order valence-corrected chi connectivity index (χ2v) is 5.53. The van der Waals surface area contributed by atoms with Gasteiger partial charge in [0.1, 0.15) is 5.60 Å². The van der Waals surface area contributed by atoms with Crippen molar-refractivity contribution in [1.82, 2.24) is 9.78 Å². The Hall–Kier alpha value is -0.830. The number of rotatable bonds is 2. The Morgan fingerprint density at radius 3 is 2.69 bits per heavy atom. The van der Waals surface area contributed by atoms with Crippen LogP contribution in [0.3, 0.4) is 0 Å². The summed E-state index contributed by atoms with van der Waals surface area (Å²) >= 11 is 0. The smallest absolute Gasteiger partial charge is 0.162 e. The molecule has 3 nitrogen and oxygen atoms in total. The highest BCUT2D eigenvalue weighted by Crippen LogP contribution is 2.59. The molecule has 88 valence electrons. The maximum absolute atomic E-state index is 6.45. The molecule has 1 aromatic rings. The second-order valence-electron chi connectivity index (χ2n) is 5.53. The van der Waals surface area contributed by atoms with Gasteiger partial charge in [0, 0.05) is 12.8 Å². The van der Waals surface area contributed by atoms with Crippen LogP contribution in [0.1, 0.15) is 51.3 Å².